The highest BCUT2D eigenvalue weighted by atomic mass is 35.5. The van der Waals surface area contributed by atoms with Gasteiger partial charge < -0.3 is 15.2 Å². The van der Waals surface area contributed by atoms with Crippen molar-refractivity contribution in [3.63, 3.8) is 0 Å². The van der Waals surface area contributed by atoms with Crippen molar-refractivity contribution in [2.75, 3.05) is 10.6 Å². The Morgan fingerprint density at radius 2 is 1.82 bits per heavy atom. The van der Waals surface area contributed by atoms with Gasteiger partial charge in [0.05, 0.1) is 6.20 Å². The summed E-state index contributed by atoms with van der Waals surface area (Å²) in [6.07, 6.45) is 5.38. The third-order valence-corrected chi connectivity index (χ3v) is 3.36. The molecule has 3 rings (SSSR count). The van der Waals surface area contributed by atoms with Crippen LogP contribution in [0.4, 0.5) is 16.2 Å². The Hall–Kier alpha value is -2.73. The van der Waals surface area contributed by atoms with E-state index in [1.165, 1.54) is 0 Å². The number of aromatic nitrogens is 3. The van der Waals surface area contributed by atoms with E-state index in [1.54, 1.807) is 35.1 Å². The number of hydrogen-bond acceptors (Lipinski definition) is 2. The maximum atomic E-state index is 12.1. The molecule has 6 nitrogen and oxygen atoms in total. The highest BCUT2D eigenvalue weighted by Crippen LogP contribution is 2.20. The van der Waals surface area contributed by atoms with Crippen LogP contribution in [0.15, 0.2) is 55.0 Å². The van der Waals surface area contributed by atoms with Crippen molar-refractivity contribution in [1.29, 1.82) is 0 Å². The van der Waals surface area contributed by atoms with Gasteiger partial charge in [-0.25, -0.2) is 4.79 Å². The summed E-state index contributed by atoms with van der Waals surface area (Å²) in [5.74, 6) is 0.774. The Kier molecular flexibility index (Phi) is 3.84. The van der Waals surface area contributed by atoms with Crippen molar-refractivity contribution in [2.45, 2.75) is 0 Å². The summed E-state index contributed by atoms with van der Waals surface area (Å²) in [5.41, 5.74) is 1.28. The molecular weight excluding hydrogens is 302 g/mol. The van der Waals surface area contributed by atoms with Crippen LogP contribution in [0, 0.1) is 0 Å². The third kappa shape index (κ3) is 2.96. The molecular formula is C15H14ClN5O. The molecule has 2 aromatic heterocycles. The summed E-state index contributed by atoms with van der Waals surface area (Å²) in [6, 6.07) is 10.4. The van der Waals surface area contributed by atoms with Crippen LogP contribution >= 0.6 is 11.6 Å². The molecule has 0 atom stereocenters. The van der Waals surface area contributed by atoms with Gasteiger partial charge in [0, 0.05) is 30.2 Å². The Morgan fingerprint density at radius 3 is 2.50 bits per heavy atom. The molecule has 0 aliphatic rings. The molecule has 22 heavy (non-hydrogen) atoms. The van der Waals surface area contributed by atoms with Gasteiger partial charge >= 0.3 is 6.03 Å². The van der Waals surface area contributed by atoms with Crippen LogP contribution in [0.5, 0.6) is 0 Å². The number of benzene rings is 1. The molecule has 7 heteroatoms. The van der Waals surface area contributed by atoms with E-state index in [9.17, 15) is 4.79 Å². The van der Waals surface area contributed by atoms with E-state index in [0.717, 1.165) is 5.82 Å². The maximum Gasteiger partial charge on any atom is 0.323 e. The number of halogens is 1. The monoisotopic (exact) mass is 315 g/mol. The minimum atomic E-state index is -0.344. The maximum absolute atomic E-state index is 12.1. The van der Waals surface area contributed by atoms with Crippen LogP contribution in [-0.2, 0) is 7.05 Å². The number of urea groups is 1. The molecule has 0 fully saturated rings. The van der Waals surface area contributed by atoms with Gasteiger partial charge in [0.15, 0.2) is 5.82 Å². The topological polar surface area (TPSA) is 63.9 Å². The first kappa shape index (κ1) is 14.2. The molecule has 0 saturated heterocycles. The van der Waals surface area contributed by atoms with E-state index in [4.69, 9.17) is 11.6 Å². The Balaban J connectivity index is 1.76. The number of hydrogen-bond donors (Lipinski definition) is 2. The van der Waals surface area contributed by atoms with Gasteiger partial charge in [-0.2, -0.15) is 5.10 Å². The summed E-state index contributed by atoms with van der Waals surface area (Å²) in [7, 11) is 1.82. The van der Waals surface area contributed by atoms with Gasteiger partial charge in [-0.3, -0.25) is 4.68 Å². The minimum Gasteiger partial charge on any atom is -0.308 e. The summed E-state index contributed by atoms with van der Waals surface area (Å²) >= 11 is 5.82. The molecule has 0 bridgehead atoms. The van der Waals surface area contributed by atoms with Crippen molar-refractivity contribution < 1.29 is 4.79 Å². The summed E-state index contributed by atoms with van der Waals surface area (Å²) in [4.78, 5) is 12.1. The van der Waals surface area contributed by atoms with Crippen molar-refractivity contribution in [3.8, 4) is 5.82 Å². The van der Waals surface area contributed by atoms with E-state index in [0.29, 0.717) is 16.4 Å². The zero-order chi connectivity index (χ0) is 15.5. The van der Waals surface area contributed by atoms with Gasteiger partial charge in [-0.05, 0) is 36.4 Å². The SMILES string of the molecule is Cn1ncc(NC(=O)Nc2ccc(Cl)cc2)c1-n1cccc1. The zero-order valence-corrected chi connectivity index (χ0v) is 12.6. The number of anilines is 2. The van der Waals surface area contributed by atoms with Crippen LogP contribution in [0.25, 0.3) is 5.82 Å². The highest BCUT2D eigenvalue weighted by molar-refractivity contribution is 6.30. The van der Waals surface area contributed by atoms with Crippen LogP contribution in [-0.4, -0.2) is 20.4 Å². The molecule has 0 aliphatic carbocycles. The first-order valence-electron chi connectivity index (χ1n) is 6.62. The fraction of sp³-hybridized carbons (Fsp3) is 0.0667. The van der Waals surface area contributed by atoms with E-state index >= 15 is 0 Å². The predicted octanol–water partition coefficient (Wildman–Crippen LogP) is 3.51. The molecule has 0 spiro atoms. The largest absolute Gasteiger partial charge is 0.323 e. The van der Waals surface area contributed by atoms with Crippen LogP contribution in [0.2, 0.25) is 5.02 Å². The number of carbonyl (C=O) groups excluding carboxylic acids is 1. The van der Waals surface area contributed by atoms with E-state index in [2.05, 4.69) is 15.7 Å². The van der Waals surface area contributed by atoms with Gasteiger partial charge in [0.2, 0.25) is 0 Å². The van der Waals surface area contributed by atoms with E-state index in [1.807, 2.05) is 36.1 Å². The number of nitrogens with zero attached hydrogens (tertiary/aromatic N) is 3. The second-order valence-corrected chi connectivity index (χ2v) is 5.12. The number of nitrogens with one attached hydrogen (secondary N) is 2. The average Bonchev–Trinajstić information content (AvgIpc) is 3.11. The molecule has 112 valence electrons. The summed E-state index contributed by atoms with van der Waals surface area (Å²) in [6.45, 7) is 0. The standard InChI is InChI=1S/C15H14ClN5O/c1-20-14(21-8-2-3-9-21)13(10-17-20)19-15(22)18-12-6-4-11(16)5-7-12/h2-10H,1H3,(H2,18,19,22). The van der Waals surface area contributed by atoms with Crippen molar-refractivity contribution in [2.24, 2.45) is 7.05 Å². The smallest absolute Gasteiger partial charge is 0.308 e. The Morgan fingerprint density at radius 1 is 1.14 bits per heavy atom. The zero-order valence-electron chi connectivity index (χ0n) is 11.8. The quantitative estimate of drug-likeness (QED) is 0.777. The lowest BCUT2D eigenvalue weighted by atomic mass is 10.3. The second kappa shape index (κ2) is 5.95. The number of rotatable bonds is 3. The fourth-order valence-electron chi connectivity index (χ4n) is 2.12. The van der Waals surface area contributed by atoms with Crippen LogP contribution in [0.1, 0.15) is 0 Å². The molecule has 2 N–H and O–H groups in total. The highest BCUT2D eigenvalue weighted by Gasteiger charge is 2.12. The van der Waals surface area contributed by atoms with Gasteiger partial charge in [0.1, 0.15) is 5.69 Å². The van der Waals surface area contributed by atoms with Gasteiger partial charge in [0.25, 0.3) is 0 Å². The van der Waals surface area contributed by atoms with E-state index < -0.39 is 0 Å². The van der Waals surface area contributed by atoms with Crippen LogP contribution < -0.4 is 10.6 Å². The lowest BCUT2D eigenvalue weighted by Gasteiger charge is -2.10. The molecule has 0 unspecified atom stereocenters. The second-order valence-electron chi connectivity index (χ2n) is 4.68. The van der Waals surface area contributed by atoms with Gasteiger partial charge in [-0.1, -0.05) is 11.6 Å². The molecule has 3 aromatic rings. The number of aryl methyl sites for hydroxylation is 1. The number of amides is 2. The number of carbonyl (C=O) groups is 1. The summed E-state index contributed by atoms with van der Waals surface area (Å²) < 4.78 is 3.57. The van der Waals surface area contributed by atoms with Crippen molar-refractivity contribution >= 4 is 29.0 Å². The van der Waals surface area contributed by atoms with Gasteiger partial charge in [-0.15, -0.1) is 0 Å². The fourth-order valence-corrected chi connectivity index (χ4v) is 2.25. The van der Waals surface area contributed by atoms with E-state index in [-0.39, 0.29) is 6.03 Å². The molecule has 2 heterocycles. The van der Waals surface area contributed by atoms with Crippen LogP contribution in [0.3, 0.4) is 0 Å². The molecule has 0 radical (unpaired) electrons. The van der Waals surface area contributed by atoms with Crippen molar-refractivity contribution in [3.05, 3.63) is 60.0 Å². The molecule has 0 aliphatic heterocycles. The normalized spacial score (nSPS) is 10.5. The Labute approximate surface area is 132 Å². The first-order valence-corrected chi connectivity index (χ1v) is 7.00. The molecule has 0 saturated carbocycles. The minimum absolute atomic E-state index is 0.344. The molecule has 1 aromatic carbocycles. The Bertz CT molecular complexity index is 777. The molecule has 2 amide bonds. The lowest BCUT2D eigenvalue weighted by molar-refractivity contribution is 0.262. The average molecular weight is 316 g/mol. The lowest BCUT2D eigenvalue weighted by Crippen LogP contribution is -2.20. The predicted molar refractivity (Wildman–Crippen MR) is 86.6 cm³/mol. The third-order valence-electron chi connectivity index (χ3n) is 3.11. The summed E-state index contributed by atoms with van der Waals surface area (Å²) in [5, 5.41) is 10.3. The first-order chi connectivity index (χ1) is 10.6. The van der Waals surface area contributed by atoms with Crippen molar-refractivity contribution in [1.82, 2.24) is 14.3 Å².